The van der Waals surface area contributed by atoms with Crippen LogP contribution in [-0.2, 0) is 11.2 Å². The van der Waals surface area contributed by atoms with Gasteiger partial charge in [-0.1, -0.05) is 37.3 Å². The standard InChI is InChI=1S/C16H19NO2/c1-2-13(16-14(18)8-9-15(16)19)17-11-10-12-6-4-3-5-7-12/h3-7,18H,2,8-11H2,1H3/p+1. The Kier molecular flexibility index (Phi) is 4.50. The summed E-state index contributed by atoms with van der Waals surface area (Å²) in [6.07, 6.45) is 2.57. The lowest BCUT2D eigenvalue weighted by molar-refractivity contribution is -0.456. The van der Waals surface area contributed by atoms with Crippen molar-refractivity contribution in [2.75, 3.05) is 6.54 Å². The lowest BCUT2D eigenvalue weighted by Crippen LogP contribution is -2.74. The number of carbonyl (C=O) groups is 1. The van der Waals surface area contributed by atoms with Crippen molar-refractivity contribution in [3.8, 4) is 0 Å². The smallest absolute Gasteiger partial charge is 0.188 e. The Bertz CT molecular complexity index is 515. The van der Waals surface area contributed by atoms with E-state index in [9.17, 15) is 9.90 Å². The van der Waals surface area contributed by atoms with Crippen LogP contribution in [0.3, 0.4) is 0 Å². The molecule has 0 radical (unpaired) electrons. The summed E-state index contributed by atoms with van der Waals surface area (Å²) in [6, 6.07) is 10.2. The van der Waals surface area contributed by atoms with E-state index in [0.29, 0.717) is 18.4 Å². The summed E-state index contributed by atoms with van der Waals surface area (Å²) in [4.78, 5) is 15.0. The maximum atomic E-state index is 11.7. The van der Waals surface area contributed by atoms with Gasteiger partial charge in [0.2, 0.25) is 0 Å². The van der Waals surface area contributed by atoms with Crippen molar-refractivity contribution < 1.29 is 14.9 Å². The van der Waals surface area contributed by atoms with Gasteiger partial charge in [-0.2, -0.15) is 0 Å². The fourth-order valence-electron chi connectivity index (χ4n) is 2.38. The van der Waals surface area contributed by atoms with Crippen LogP contribution in [0.15, 0.2) is 41.7 Å². The van der Waals surface area contributed by atoms with E-state index < -0.39 is 0 Å². The van der Waals surface area contributed by atoms with Crippen LogP contribution in [0.25, 0.3) is 0 Å². The van der Waals surface area contributed by atoms with Crippen LogP contribution in [0.4, 0.5) is 0 Å². The fraction of sp³-hybridized carbons (Fsp3) is 0.375. The number of aliphatic hydroxyl groups is 1. The second kappa shape index (κ2) is 6.32. The fourth-order valence-corrected chi connectivity index (χ4v) is 2.38. The van der Waals surface area contributed by atoms with E-state index in [1.807, 2.05) is 25.1 Å². The first-order chi connectivity index (χ1) is 9.22. The molecule has 0 bridgehead atoms. The molecule has 0 heterocycles. The number of carbonyl (C=O) groups excluding carboxylic acids is 1. The highest BCUT2D eigenvalue weighted by Crippen LogP contribution is 2.21. The summed E-state index contributed by atoms with van der Waals surface area (Å²) in [5, 5.41) is 9.78. The van der Waals surface area contributed by atoms with Crippen molar-refractivity contribution in [2.24, 2.45) is 0 Å². The quantitative estimate of drug-likeness (QED) is 0.783. The van der Waals surface area contributed by atoms with E-state index in [-0.39, 0.29) is 11.5 Å². The van der Waals surface area contributed by atoms with Gasteiger partial charge in [0.05, 0.1) is 0 Å². The summed E-state index contributed by atoms with van der Waals surface area (Å²) in [5.41, 5.74) is 2.66. The molecule has 0 fully saturated rings. The van der Waals surface area contributed by atoms with Crippen LogP contribution in [0.5, 0.6) is 0 Å². The van der Waals surface area contributed by atoms with Crippen molar-refractivity contribution in [3.05, 3.63) is 47.2 Å². The zero-order chi connectivity index (χ0) is 13.7. The maximum Gasteiger partial charge on any atom is 0.188 e. The topological polar surface area (TPSA) is 51.3 Å². The summed E-state index contributed by atoms with van der Waals surface area (Å²) >= 11 is 0. The number of hydrogen-bond donors (Lipinski definition) is 2. The molecule has 19 heavy (non-hydrogen) atoms. The molecule has 0 aliphatic heterocycles. The molecule has 100 valence electrons. The summed E-state index contributed by atoms with van der Waals surface area (Å²) < 4.78 is 0. The van der Waals surface area contributed by atoms with Gasteiger partial charge in [-0.05, 0) is 5.56 Å². The largest absolute Gasteiger partial charge is 0.511 e. The third-order valence-electron chi connectivity index (χ3n) is 3.41. The van der Waals surface area contributed by atoms with E-state index in [2.05, 4.69) is 17.1 Å². The minimum Gasteiger partial charge on any atom is -0.511 e. The predicted molar refractivity (Wildman–Crippen MR) is 75.2 cm³/mol. The Morgan fingerprint density at radius 1 is 1.26 bits per heavy atom. The van der Waals surface area contributed by atoms with Gasteiger partial charge in [0.25, 0.3) is 0 Å². The van der Waals surface area contributed by atoms with E-state index in [4.69, 9.17) is 0 Å². The molecule has 1 aromatic rings. The minimum absolute atomic E-state index is 0.0570. The van der Waals surface area contributed by atoms with Crippen LogP contribution >= 0.6 is 0 Å². The second-order valence-electron chi connectivity index (χ2n) is 4.74. The zero-order valence-electron chi connectivity index (χ0n) is 11.3. The number of aliphatic hydroxyl groups excluding tert-OH is 1. The molecule has 3 heteroatoms. The van der Waals surface area contributed by atoms with Crippen molar-refractivity contribution in [1.82, 2.24) is 0 Å². The molecule has 0 saturated heterocycles. The van der Waals surface area contributed by atoms with Crippen LogP contribution in [0.2, 0.25) is 0 Å². The van der Waals surface area contributed by atoms with Crippen LogP contribution in [0.1, 0.15) is 31.7 Å². The van der Waals surface area contributed by atoms with Gasteiger partial charge in [0.15, 0.2) is 11.5 Å². The van der Waals surface area contributed by atoms with Gasteiger partial charge in [-0.15, -0.1) is 0 Å². The maximum absolute atomic E-state index is 11.7. The molecule has 0 amide bonds. The van der Waals surface area contributed by atoms with Gasteiger partial charge in [0, 0.05) is 25.7 Å². The second-order valence-corrected chi connectivity index (χ2v) is 4.74. The number of Topliss-reactive ketones (excluding diaryl/α,β-unsaturated/α-hetero) is 1. The first kappa shape index (κ1) is 13.5. The van der Waals surface area contributed by atoms with Crippen molar-refractivity contribution in [1.29, 1.82) is 0 Å². The number of hydrogen-bond acceptors (Lipinski definition) is 2. The first-order valence-corrected chi connectivity index (χ1v) is 6.81. The average Bonchev–Trinajstić information content (AvgIpc) is 2.76. The average molecular weight is 258 g/mol. The lowest BCUT2D eigenvalue weighted by Gasteiger charge is -2.00. The van der Waals surface area contributed by atoms with Crippen molar-refractivity contribution >= 4 is 11.5 Å². The Morgan fingerprint density at radius 2 is 2.00 bits per heavy atom. The van der Waals surface area contributed by atoms with Crippen molar-refractivity contribution in [3.63, 3.8) is 0 Å². The van der Waals surface area contributed by atoms with Crippen molar-refractivity contribution in [2.45, 2.75) is 32.6 Å². The Morgan fingerprint density at radius 3 is 2.58 bits per heavy atom. The normalized spacial score (nSPS) is 16.3. The molecule has 0 saturated carbocycles. The van der Waals surface area contributed by atoms with Crippen LogP contribution < -0.4 is 4.99 Å². The molecule has 0 unspecified atom stereocenters. The molecule has 1 aliphatic rings. The van der Waals surface area contributed by atoms with Crippen LogP contribution in [0, 0.1) is 0 Å². The van der Waals surface area contributed by atoms with E-state index in [1.165, 1.54) is 5.56 Å². The van der Waals surface area contributed by atoms with E-state index in [1.54, 1.807) is 0 Å². The molecule has 2 rings (SSSR count). The summed E-state index contributed by atoms with van der Waals surface area (Å²) in [5.74, 6) is 0.302. The first-order valence-electron chi connectivity index (χ1n) is 6.81. The molecule has 0 spiro atoms. The summed E-state index contributed by atoms with van der Waals surface area (Å²) in [6.45, 7) is 2.77. The Balaban J connectivity index is 2.04. The number of nitrogens with one attached hydrogen (secondary N) is 1. The predicted octanol–water partition coefficient (Wildman–Crippen LogP) is 1.34. The SMILES string of the molecule is CCC(=[NH+]CCc1ccccc1)C1=C(O)CCC1=O. The molecular weight excluding hydrogens is 238 g/mol. The van der Waals surface area contributed by atoms with Gasteiger partial charge >= 0.3 is 0 Å². The molecule has 2 N–H and O–H groups in total. The van der Waals surface area contributed by atoms with Crippen LogP contribution in [-0.4, -0.2) is 23.1 Å². The van der Waals surface area contributed by atoms with Gasteiger partial charge < -0.3 is 5.11 Å². The lowest BCUT2D eigenvalue weighted by atomic mass is 10.1. The van der Waals surface area contributed by atoms with Gasteiger partial charge in [-0.3, -0.25) is 4.79 Å². The number of rotatable bonds is 5. The Labute approximate surface area is 113 Å². The number of allylic oxidation sites excluding steroid dienone is 2. The molecule has 0 atom stereocenters. The Hall–Kier alpha value is -1.90. The summed E-state index contributed by atoms with van der Waals surface area (Å²) in [7, 11) is 0. The molecular formula is C16H20NO2+. The number of benzene rings is 1. The molecule has 1 aromatic carbocycles. The third kappa shape index (κ3) is 3.31. The number of ketones is 1. The monoisotopic (exact) mass is 258 g/mol. The highest BCUT2D eigenvalue weighted by atomic mass is 16.3. The highest BCUT2D eigenvalue weighted by molar-refractivity contribution is 6.21. The molecule has 1 aliphatic carbocycles. The van der Waals surface area contributed by atoms with Gasteiger partial charge in [-0.25, -0.2) is 4.99 Å². The van der Waals surface area contributed by atoms with Gasteiger partial charge in [0.1, 0.15) is 17.9 Å². The van der Waals surface area contributed by atoms with E-state index in [0.717, 1.165) is 25.1 Å². The zero-order valence-corrected chi connectivity index (χ0v) is 11.3. The minimum atomic E-state index is 0.0570. The molecule has 0 aromatic heterocycles. The highest BCUT2D eigenvalue weighted by Gasteiger charge is 2.29. The molecule has 3 nitrogen and oxygen atoms in total. The third-order valence-corrected chi connectivity index (χ3v) is 3.41. The van der Waals surface area contributed by atoms with E-state index >= 15 is 0 Å².